The number of nitrogens with zero attached hydrogens (tertiary/aromatic N) is 1. The highest BCUT2D eigenvalue weighted by atomic mass is 16.6. The molecule has 0 saturated heterocycles. The summed E-state index contributed by atoms with van der Waals surface area (Å²) in [6.45, 7) is 8.96. The molecule has 0 radical (unpaired) electrons. The summed E-state index contributed by atoms with van der Waals surface area (Å²) < 4.78 is 14.2. The molecule has 0 aromatic carbocycles. The van der Waals surface area contributed by atoms with Crippen molar-refractivity contribution in [3.05, 3.63) is 38.0 Å². The van der Waals surface area contributed by atoms with E-state index in [4.69, 9.17) is 14.2 Å². The number of hydrogen-bond acceptors (Lipinski definition) is 7. The molecule has 0 N–H and O–H groups in total. The Morgan fingerprint density at radius 2 is 1.00 bits per heavy atom. The maximum atomic E-state index is 10.9. The molecule has 0 atom stereocenters. The van der Waals surface area contributed by atoms with Crippen LogP contribution in [0, 0.1) is 0 Å². The highest BCUT2D eigenvalue weighted by molar-refractivity contribution is 5.82. The van der Waals surface area contributed by atoms with Gasteiger partial charge < -0.3 is 14.2 Å². The summed E-state index contributed by atoms with van der Waals surface area (Å²) in [6.07, 6.45) is 2.93. The Kier molecular flexibility index (Phi) is 8.38. The van der Waals surface area contributed by atoms with Gasteiger partial charge in [0.2, 0.25) is 0 Å². The zero-order chi connectivity index (χ0) is 14.7. The van der Waals surface area contributed by atoms with E-state index < -0.39 is 17.9 Å². The number of ether oxygens (including phenoxy) is 3. The normalized spacial score (nSPS) is 9.32. The van der Waals surface area contributed by atoms with Gasteiger partial charge in [-0.15, -0.1) is 0 Å². The predicted octanol–water partition coefficient (Wildman–Crippen LogP) is 0.348. The standard InChI is InChI=1S/C12H15NO6/c1-4-10(14)17-7-13(8-18-11(15)5-2)9-19-12(16)6-3/h4-6H,1-3,7-9H2. The van der Waals surface area contributed by atoms with Crippen molar-refractivity contribution in [1.82, 2.24) is 4.90 Å². The van der Waals surface area contributed by atoms with E-state index in [2.05, 4.69) is 19.7 Å². The fraction of sp³-hybridized carbons (Fsp3) is 0.250. The average Bonchev–Trinajstić information content (AvgIpc) is 2.44. The third kappa shape index (κ3) is 8.33. The van der Waals surface area contributed by atoms with Crippen molar-refractivity contribution < 1.29 is 28.6 Å². The molecule has 104 valence electrons. The number of hydrogen-bond donors (Lipinski definition) is 0. The molecule has 0 heterocycles. The molecule has 0 spiro atoms. The summed E-state index contributed by atoms with van der Waals surface area (Å²) in [5.41, 5.74) is 0. The molecule has 0 aliphatic rings. The topological polar surface area (TPSA) is 82.1 Å². The van der Waals surface area contributed by atoms with Crippen LogP contribution in [0.4, 0.5) is 0 Å². The second-order valence-electron chi connectivity index (χ2n) is 3.06. The lowest BCUT2D eigenvalue weighted by Gasteiger charge is -2.20. The van der Waals surface area contributed by atoms with Gasteiger partial charge in [-0.05, 0) is 0 Å². The summed E-state index contributed by atoms with van der Waals surface area (Å²) in [5, 5.41) is 0. The fourth-order valence-electron chi connectivity index (χ4n) is 0.753. The molecule has 0 unspecified atom stereocenters. The molecule has 19 heavy (non-hydrogen) atoms. The minimum Gasteiger partial charge on any atom is -0.446 e. The first-order valence-electron chi connectivity index (χ1n) is 5.13. The van der Waals surface area contributed by atoms with Crippen LogP contribution in [-0.2, 0) is 28.6 Å². The van der Waals surface area contributed by atoms with Crippen molar-refractivity contribution in [2.75, 3.05) is 20.2 Å². The van der Waals surface area contributed by atoms with Crippen molar-refractivity contribution in [3.63, 3.8) is 0 Å². The molecular weight excluding hydrogens is 254 g/mol. The molecule has 0 fully saturated rings. The Morgan fingerprint density at radius 1 is 0.737 bits per heavy atom. The minimum atomic E-state index is -0.657. The van der Waals surface area contributed by atoms with Crippen LogP contribution in [0.1, 0.15) is 0 Å². The maximum Gasteiger partial charge on any atom is 0.331 e. The third-order valence-electron chi connectivity index (χ3n) is 1.67. The van der Waals surface area contributed by atoms with E-state index in [9.17, 15) is 14.4 Å². The van der Waals surface area contributed by atoms with Crippen molar-refractivity contribution in [2.45, 2.75) is 0 Å². The maximum absolute atomic E-state index is 10.9. The first kappa shape index (κ1) is 16.6. The van der Waals surface area contributed by atoms with Crippen LogP contribution in [-0.4, -0.2) is 43.0 Å². The molecule has 0 bridgehead atoms. The Bertz CT molecular complexity index is 319. The van der Waals surface area contributed by atoms with Crippen LogP contribution >= 0.6 is 0 Å². The van der Waals surface area contributed by atoms with Gasteiger partial charge in [0.25, 0.3) is 0 Å². The van der Waals surface area contributed by atoms with E-state index in [-0.39, 0.29) is 20.2 Å². The molecular formula is C12H15NO6. The van der Waals surface area contributed by atoms with Crippen LogP contribution in [0.15, 0.2) is 38.0 Å². The molecule has 0 saturated carbocycles. The Morgan fingerprint density at radius 3 is 1.21 bits per heavy atom. The van der Waals surface area contributed by atoms with E-state index in [0.29, 0.717) is 0 Å². The number of carbonyl (C=O) groups is 3. The van der Waals surface area contributed by atoms with E-state index >= 15 is 0 Å². The largest absolute Gasteiger partial charge is 0.446 e. The molecule has 0 amide bonds. The average molecular weight is 269 g/mol. The summed E-state index contributed by atoms with van der Waals surface area (Å²) in [6, 6.07) is 0. The van der Waals surface area contributed by atoms with Gasteiger partial charge in [-0.25, -0.2) is 19.3 Å². The Balaban J connectivity index is 4.27. The van der Waals surface area contributed by atoms with Crippen LogP contribution in [0.25, 0.3) is 0 Å². The first-order chi connectivity index (χ1) is 9.03. The van der Waals surface area contributed by atoms with Gasteiger partial charge in [-0.1, -0.05) is 19.7 Å². The molecule has 7 heteroatoms. The van der Waals surface area contributed by atoms with Crippen molar-refractivity contribution in [1.29, 1.82) is 0 Å². The fourth-order valence-corrected chi connectivity index (χ4v) is 0.753. The van der Waals surface area contributed by atoms with Crippen LogP contribution in [0.5, 0.6) is 0 Å². The predicted molar refractivity (Wildman–Crippen MR) is 65.3 cm³/mol. The first-order valence-corrected chi connectivity index (χ1v) is 5.13. The molecule has 7 nitrogen and oxygen atoms in total. The monoisotopic (exact) mass is 269 g/mol. The summed E-state index contributed by atoms with van der Waals surface area (Å²) >= 11 is 0. The molecule has 0 aliphatic carbocycles. The van der Waals surface area contributed by atoms with Crippen molar-refractivity contribution in [2.24, 2.45) is 0 Å². The quantitative estimate of drug-likeness (QED) is 0.258. The van der Waals surface area contributed by atoms with Gasteiger partial charge in [-0.3, -0.25) is 0 Å². The second-order valence-corrected chi connectivity index (χ2v) is 3.06. The van der Waals surface area contributed by atoms with Crippen LogP contribution in [0.3, 0.4) is 0 Å². The zero-order valence-corrected chi connectivity index (χ0v) is 10.4. The van der Waals surface area contributed by atoms with Gasteiger partial charge in [0, 0.05) is 18.2 Å². The van der Waals surface area contributed by atoms with E-state index in [1.54, 1.807) is 0 Å². The lowest BCUT2D eigenvalue weighted by atomic mass is 10.6. The Labute approximate surface area is 110 Å². The SMILES string of the molecule is C=CC(=O)OCN(COC(=O)C=C)COC(=O)C=C. The summed E-state index contributed by atoms with van der Waals surface area (Å²) in [7, 11) is 0. The number of carbonyl (C=O) groups excluding carboxylic acids is 3. The van der Waals surface area contributed by atoms with Crippen molar-refractivity contribution >= 4 is 17.9 Å². The van der Waals surface area contributed by atoms with Gasteiger partial charge in [0.1, 0.15) is 0 Å². The molecule has 0 rings (SSSR count). The number of rotatable bonds is 9. The summed E-state index contributed by atoms with van der Waals surface area (Å²) in [4.78, 5) is 33.9. The van der Waals surface area contributed by atoms with Crippen LogP contribution in [0.2, 0.25) is 0 Å². The molecule has 0 aliphatic heterocycles. The minimum absolute atomic E-state index is 0.236. The van der Waals surface area contributed by atoms with E-state index in [1.807, 2.05) is 0 Å². The molecule has 0 aromatic rings. The lowest BCUT2D eigenvalue weighted by Crippen LogP contribution is -2.33. The molecule has 0 aromatic heterocycles. The third-order valence-corrected chi connectivity index (χ3v) is 1.67. The highest BCUT2D eigenvalue weighted by Gasteiger charge is 2.11. The second kappa shape index (κ2) is 9.60. The van der Waals surface area contributed by atoms with Gasteiger partial charge in [0.15, 0.2) is 20.2 Å². The number of esters is 3. The highest BCUT2D eigenvalue weighted by Crippen LogP contribution is 1.95. The van der Waals surface area contributed by atoms with E-state index in [0.717, 1.165) is 18.2 Å². The van der Waals surface area contributed by atoms with E-state index in [1.165, 1.54) is 4.90 Å². The van der Waals surface area contributed by atoms with Gasteiger partial charge >= 0.3 is 17.9 Å². The zero-order valence-electron chi connectivity index (χ0n) is 10.4. The van der Waals surface area contributed by atoms with Gasteiger partial charge in [-0.2, -0.15) is 0 Å². The van der Waals surface area contributed by atoms with Gasteiger partial charge in [0.05, 0.1) is 0 Å². The smallest absolute Gasteiger partial charge is 0.331 e. The van der Waals surface area contributed by atoms with Crippen LogP contribution < -0.4 is 0 Å². The Hall–Kier alpha value is -2.41. The summed E-state index contributed by atoms with van der Waals surface area (Å²) in [5.74, 6) is -1.97. The lowest BCUT2D eigenvalue weighted by molar-refractivity contribution is -0.161. The van der Waals surface area contributed by atoms with Crippen molar-refractivity contribution in [3.8, 4) is 0 Å².